The molecular weight excluding hydrogens is 114 g/mol. The lowest BCUT2D eigenvalue weighted by Crippen LogP contribution is -2.23. The van der Waals surface area contributed by atoms with Crippen LogP contribution in [0.5, 0.6) is 0 Å². The number of hydrogen-bond acceptors (Lipinski definition) is 3. The van der Waals surface area contributed by atoms with E-state index in [-0.39, 0.29) is 0 Å². The van der Waals surface area contributed by atoms with Crippen molar-refractivity contribution in [2.75, 3.05) is 19.6 Å². The van der Waals surface area contributed by atoms with Gasteiger partial charge in [-0.1, -0.05) is 0 Å². The summed E-state index contributed by atoms with van der Waals surface area (Å²) in [5.74, 6) is 0. The van der Waals surface area contributed by atoms with E-state index in [2.05, 4.69) is 11.4 Å². The SMILES string of the molecule is N#CCCCNCCN. The first kappa shape index (κ1) is 8.41. The summed E-state index contributed by atoms with van der Waals surface area (Å²) in [6.45, 7) is 2.43. The molecule has 0 aromatic carbocycles. The lowest BCUT2D eigenvalue weighted by atomic mass is 10.3. The Labute approximate surface area is 55.8 Å². The largest absolute Gasteiger partial charge is 0.329 e. The Morgan fingerprint density at radius 2 is 2.22 bits per heavy atom. The quantitative estimate of drug-likeness (QED) is 0.504. The van der Waals surface area contributed by atoms with Crippen molar-refractivity contribution in [3.63, 3.8) is 0 Å². The molecule has 0 heterocycles. The first-order valence-corrected chi connectivity index (χ1v) is 3.19. The summed E-state index contributed by atoms with van der Waals surface area (Å²) in [6.07, 6.45) is 1.56. The highest BCUT2D eigenvalue weighted by Crippen LogP contribution is 1.80. The van der Waals surface area contributed by atoms with Crippen LogP contribution >= 0.6 is 0 Å². The zero-order valence-corrected chi connectivity index (χ0v) is 5.56. The van der Waals surface area contributed by atoms with Gasteiger partial charge in [-0.2, -0.15) is 5.26 Å². The Morgan fingerprint density at radius 1 is 1.44 bits per heavy atom. The van der Waals surface area contributed by atoms with Gasteiger partial charge in [0, 0.05) is 19.5 Å². The normalized spacial score (nSPS) is 8.89. The fraction of sp³-hybridized carbons (Fsp3) is 0.833. The van der Waals surface area contributed by atoms with Crippen molar-refractivity contribution in [2.45, 2.75) is 12.8 Å². The molecule has 3 nitrogen and oxygen atoms in total. The van der Waals surface area contributed by atoms with Gasteiger partial charge >= 0.3 is 0 Å². The maximum atomic E-state index is 8.12. The molecule has 0 amide bonds. The van der Waals surface area contributed by atoms with E-state index < -0.39 is 0 Å². The first-order valence-electron chi connectivity index (χ1n) is 3.19. The van der Waals surface area contributed by atoms with E-state index in [0.29, 0.717) is 13.0 Å². The summed E-state index contributed by atoms with van der Waals surface area (Å²) in [7, 11) is 0. The molecule has 0 radical (unpaired) electrons. The highest BCUT2D eigenvalue weighted by atomic mass is 14.9. The topological polar surface area (TPSA) is 61.8 Å². The minimum absolute atomic E-state index is 0.636. The predicted octanol–water partition coefficient (Wildman–Crippen LogP) is -0.162. The summed E-state index contributed by atoms with van der Waals surface area (Å²) < 4.78 is 0. The van der Waals surface area contributed by atoms with Gasteiger partial charge in [-0.05, 0) is 13.0 Å². The summed E-state index contributed by atoms with van der Waals surface area (Å²) >= 11 is 0. The van der Waals surface area contributed by atoms with Crippen LogP contribution in [0, 0.1) is 11.3 Å². The van der Waals surface area contributed by atoms with Gasteiger partial charge in [-0.15, -0.1) is 0 Å². The molecule has 0 atom stereocenters. The number of hydrogen-bond donors (Lipinski definition) is 2. The molecule has 0 aromatic heterocycles. The van der Waals surface area contributed by atoms with Gasteiger partial charge in [0.2, 0.25) is 0 Å². The lowest BCUT2D eigenvalue weighted by Gasteiger charge is -1.97. The van der Waals surface area contributed by atoms with Crippen LogP contribution in [0.1, 0.15) is 12.8 Å². The second-order valence-corrected chi connectivity index (χ2v) is 1.80. The minimum atomic E-state index is 0.636. The maximum Gasteiger partial charge on any atom is 0.0622 e. The van der Waals surface area contributed by atoms with Crippen LogP contribution in [0.4, 0.5) is 0 Å². The molecule has 0 saturated heterocycles. The number of nitriles is 1. The third-order valence-electron chi connectivity index (χ3n) is 0.963. The predicted molar refractivity (Wildman–Crippen MR) is 36.8 cm³/mol. The van der Waals surface area contributed by atoms with Gasteiger partial charge < -0.3 is 11.1 Å². The Hall–Kier alpha value is -0.590. The fourth-order valence-corrected chi connectivity index (χ4v) is 0.520. The van der Waals surface area contributed by atoms with E-state index >= 15 is 0 Å². The molecule has 0 spiro atoms. The second-order valence-electron chi connectivity index (χ2n) is 1.80. The number of nitrogens with one attached hydrogen (secondary N) is 1. The molecule has 0 rings (SSSR count). The van der Waals surface area contributed by atoms with Crippen LogP contribution in [0.3, 0.4) is 0 Å². The van der Waals surface area contributed by atoms with Gasteiger partial charge in [0.05, 0.1) is 6.07 Å². The Balaban J connectivity index is 2.69. The number of nitrogens with zero attached hydrogens (tertiary/aromatic N) is 1. The number of unbranched alkanes of at least 4 members (excludes halogenated alkanes) is 1. The van der Waals surface area contributed by atoms with Crippen LogP contribution in [0.25, 0.3) is 0 Å². The second kappa shape index (κ2) is 7.41. The summed E-state index contributed by atoms with van der Waals surface area (Å²) in [5, 5.41) is 11.2. The minimum Gasteiger partial charge on any atom is -0.329 e. The molecule has 9 heavy (non-hydrogen) atoms. The van der Waals surface area contributed by atoms with Gasteiger partial charge in [0.1, 0.15) is 0 Å². The third-order valence-corrected chi connectivity index (χ3v) is 0.963. The average Bonchev–Trinajstić information content (AvgIpc) is 1.89. The van der Waals surface area contributed by atoms with Crippen molar-refractivity contribution >= 4 is 0 Å². The first-order chi connectivity index (χ1) is 4.41. The van der Waals surface area contributed by atoms with Crippen LogP contribution < -0.4 is 11.1 Å². The van der Waals surface area contributed by atoms with Crippen molar-refractivity contribution < 1.29 is 0 Å². The molecule has 0 aliphatic heterocycles. The third kappa shape index (κ3) is 7.41. The van der Waals surface area contributed by atoms with E-state index in [1.165, 1.54) is 0 Å². The molecule has 0 bridgehead atoms. The van der Waals surface area contributed by atoms with Crippen LogP contribution in [0.2, 0.25) is 0 Å². The van der Waals surface area contributed by atoms with Gasteiger partial charge in [0.25, 0.3) is 0 Å². The number of rotatable bonds is 5. The molecular formula is C6H13N3. The van der Waals surface area contributed by atoms with Crippen molar-refractivity contribution in [2.24, 2.45) is 5.73 Å². The molecule has 0 fully saturated rings. The van der Waals surface area contributed by atoms with Crippen molar-refractivity contribution in [1.29, 1.82) is 5.26 Å². The Kier molecular flexibility index (Phi) is 6.92. The zero-order chi connectivity index (χ0) is 6.95. The van der Waals surface area contributed by atoms with Crippen molar-refractivity contribution in [1.82, 2.24) is 5.32 Å². The summed E-state index contributed by atoms with van der Waals surface area (Å²) in [6, 6.07) is 2.07. The molecule has 3 heteroatoms. The van der Waals surface area contributed by atoms with Crippen molar-refractivity contribution in [3.8, 4) is 6.07 Å². The van der Waals surface area contributed by atoms with E-state index in [1.807, 2.05) is 0 Å². The smallest absolute Gasteiger partial charge is 0.0622 e. The molecule has 3 N–H and O–H groups in total. The van der Waals surface area contributed by atoms with E-state index in [0.717, 1.165) is 19.5 Å². The standard InChI is InChI=1S/C6H13N3/c7-3-1-2-5-9-6-4-8/h9H,1-2,4-6,8H2. The maximum absolute atomic E-state index is 8.12. The van der Waals surface area contributed by atoms with Gasteiger partial charge in [0.15, 0.2) is 0 Å². The average molecular weight is 127 g/mol. The Bertz CT molecular complexity index is 84.8. The van der Waals surface area contributed by atoms with Crippen molar-refractivity contribution in [3.05, 3.63) is 0 Å². The summed E-state index contributed by atoms with van der Waals surface area (Å²) in [4.78, 5) is 0. The molecule has 0 unspecified atom stereocenters. The fourth-order valence-electron chi connectivity index (χ4n) is 0.520. The Morgan fingerprint density at radius 3 is 2.78 bits per heavy atom. The van der Waals surface area contributed by atoms with E-state index in [4.69, 9.17) is 11.0 Å². The lowest BCUT2D eigenvalue weighted by molar-refractivity contribution is 0.661. The van der Waals surface area contributed by atoms with Gasteiger partial charge in [-0.25, -0.2) is 0 Å². The zero-order valence-electron chi connectivity index (χ0n) is 5.56. The van der Waals surface area contributed by atoms with E-state index in [1.54, 1.807) is 0 Å². The molecule has 0 saturated carbocycles. The van der Waals surface area contributed by atoms with Crippen LogP contribution in [-0.2, 0) is 0 Å². The molecule has 0 aliphatic rings. The summed E-state index contributed by atoms with van der Waals surface area (Å²) in [5.41, 5.74) is 5.22. The number of nitrogens with two attached hydrogens (primary N) is 1. The van der Waals surface area contributed by atoms with E-state index in [9.17, 15) is 0 Å². The molecule has 0 aliphatic carbocycles. The molecule has 52 valence electrons. The van der Waals surface area contributed by atoms with Gasteiger partial charge in [-0.3, -0.25) is 0 Å². The van der Waals surface area contributed by atoms with Crippen LogP contribution in [-0.4, -0.2) is 19.6 Å². The monoisotopic (exact) mass is 127 g/mol. The highest BCUT2D eigenvalue weighted by molar-refractivity contribution is 4.68. The highest BCUT2D eigenvalue weighted by Gasteiger charge is 1.83. The molecule has 0 aromatic rings. The van der Waals surface area contributed by atoms with Crippen LogP contribution in [0.15, 0.2) is 0 Å².